The molecule has 0 radical (unpaired) electrons. The van der Waals surface area contributed by atoms with Crippen LogP contribution in [0.3, 0.4) is 0 Å². The minimum Gasteiger partial charge on any atom is -0.208 e. The fourth-order valence-corrected chi connectivity index (χ4v) is 3.59. The van der Waals surface area contributed by atoms with Gasteiger partial charge in [-0.2, -0.15) is 0 Å². The number of alkyl halides is 1. The Hall–Kier alpha value is -0.390. The van der Waals surface area contributed by atoms with E-state index in [1.807, 2.05) is 20.8 Å². The van der Waals surface area contributed by atoms with Gasteiger partial charge in [0.25, 0.3) is 0 Å². The number of hydrogen-bond acceptors (Lipinski definition) is 2. The predicted molar refractivity (Wildman–Crippen MR) is 78.4 cm³/mol. The molecule has 1 rings (SSSR count). The fraction of sp³-hybridized carbons (Fsp3) is 0.538. The van der Waals surface area contributed by atoms with Crippen LogP contribution in [0.2, 0.25) is 0 Å². The van der Waals surface area contributed by atoms with Gasteiger partial charge in [-0.05, 0) is 24.0 Å². The molecule has 0 aliphatic carbocycles. The first-order valence-electron chi connectivity index (χ1n) is 5.91. The highest BCUT2D eigenvalue weighted by Gasteiger charge is 2.28. The third-order valence-electron chi connectivity index (χ3n) is 2.79. The molecule has 0 saturated heterocycles. The molecule has 0 spiro atoms. The maximum atomic E-state index is 12.2. The second-order valence-electron chi connectivity index (χ2n) is 5.33. The lowest BCUT2D eigenvalue weighted by Gasteiger charge is -2.30. The Bertz CT molecular complexity index is 466. The second kappa shape index (κ2) is 6.17. The van der Waals surface area contributed by atoms with Crippen LogP contribution in [0.4, 0.5) is 0 Å². The first kappa shape index (κ1) is 15.7. The average Bonchev–Trinajstić information content (AvgIpc) is 2.28. The van der Waals surface area contributed by atoms with Crippen molar-refractivity contribution in [2.24, 2.45) is 5.41 Å². The molecule has 18 heavy (non-hydrogen) atoms. The van der Waals surface area contributed by atoms with Gasteiger partial charge in [0, 0.05) is 11.4 Å². The van der Waals surface area contributed by atoms with Gasteiger partial charge in [-0.3, -0.25) is 0 Å². The number of nitrogens with one attached hydrogen (secondary N) is 1. The Kier molecular flexibility index (Phi) is 5.37. The minimum atomic E-state index is -3.44. The van der Waals surface area contributed by atoms with Gasteiger partial charge in [-0.25, -0.2) is 13.1 Å². The van der Waals surface area contributed by atoms with Gasteiger partial charge in [0.15, 0.2) is 0 Å². The molecule has 0 aromatic heterocycles. The van der Waals surface area contributed by atoms with E-state index in [4.69, 9.17) is 0 Å². The molecule has 1 unspecified atom stereocenters. The Balaban J connectivity index is 2.94. The number of hydrogen-bond donors (Lipinski definition) is 1. The largest absolute Gasteiger partial charge is 0.240 e. The van der Waals surface area contributed by atoms with Gasteiger partial charge in [0.05, 0.1) is 4.90 Å². The zero-order valence-electron chi connectivity index (χ0n) is 11.0. The summed E-state index contributed by atoms with van der Waals surface area (Å²) in [5, 5.41) is 0.770. The van der Waals surface area contributed by atoms with E-state index in [1.54, 1.807) is 30.3 Å². The lowest BCUT2D eigenvalue weighted by molar-refractivity contribution is 0.293. The monoisotopic (exact) mass is 333 g/mol. The SMILES string of the molecule is CC(C)(C)C(CCBr)NS(=O)(=O)c1ccccc1. The zero-order chi connectivity index (χ0) is 13.8. The highest BCUT2D eigenvalue weighted by atomic mass is 79.9. The molecular formula is C13H20BrNO2S. The van der Waals surface area contributed by atoms with E-state index in [2.05, 4.69) is 20.7 Å². The van der Waals surface area contributed by atoms with Crippen molar-refractivity contribution in [1.29, 1.82) is 0 Å². The molecule has 0 saturated carbocycles. The van der Waals surface area contributed by atoms with Crippen LogP contribution >= 0.6 is 15.9 Å². The molecule has 5 heteroatoms. The molecule has 1 aromatic carbocycles. The summed E-state index contributed by atoms with van der Waals surface area (Å²) >= 11 is 3.37. The molecule has 1 atom stereocenters. The topological polar surface area (TPSA) is 46.2 Å². The molecule has 0 bridgehead atoms. The standard InChI is InChI=1S/C13H20BrNO2S/c1-13(2,3)12(9-10-14)15-18(16,17)11-7-5-4-6-8-11/h4-8,12,15H,9-10H2,1-3H3. The second-order valence-corrected chi connectivity index (χ2v) is 7.84. The normalized spacial score (nSPS) is 14.4. The van der Waals surface area contributed by atoms with Crippen LogP contribution in [0.15, 0.2) is 35.2 Å². The van der Waals surface area contributed by atoms with Gasteiger partial charge in [0.2, 0.25) is 10.0 Å². The third kappa shape index (κ3) is 4.37. The molecule has 1 N–H and O–H groups in total. The molecule has 0 aliphatic rings. The molecule has 102 valence electrons. The summed E-state index contributed by atoms with van der Waals surface area (Å²) in [6.07, 6.45) is 0.759. The van der Waals surface area contributed by atoms with E-state index >= 15 is 0 Å². The van der Waals surface area contributed by atoms with Crippen LogP contribution in [0.25, 0.3) is 0 Å². The van der Waals surface area contributed by atoms with Crippen molar-refractivity contribution in [2.75, 3.05) is 5.33 Å². The number of sulfonamides is 1. The molecule has 1 aromatic rings. The third-order valence-corrected chi connectivity index (χ3v) is 4.74. The Morgan fingerprint density at radius 1 is 1.22 bits per heavy atom. The highest BCUT2D eigenvalue weighted by molar-refractivity contribution is 9.09. The van der Waals surface area contributed by atoms with Crippen molar-refractivity contribution >= 4 is 26.0 Å². The molecule has 3 nitrogen and oxygen atoms in total. The van der Waals surface area contributed by atoms with Gasteiger partial charge in [0.1, 0.15) is 0 Å². The Labute approximate surface area is 118 Å². The smallest absolute Gasteiger partial charge is 0.208 e. The summed E-state index contributed by atoms with van der Waals surface area (Å²) in [5.41, 5.74) is -0.115. The molecule has 0 fully saturated rings. The quantitative estimate of drug-likeness (QED) is 0.841. The summed E-state index contributed by atoms with van der Waals surface area (Å²) in [6.45, 7) is 6.11. The number of rotatable bonds is 5. The molecule has 0 heterocycles. The van der Waals surface area contributed by atoms with Crippen molar-refractivity contribution in [3.05, 3.63) is 30.3 Å². The summed E-state index contributed by atoms with van der Waals surface area (Å²) in [7, 11) is -3.44. The maximum absolute atomic E-state index is 12.2. The Morgan fingerprint density at radius 3 is 2.22 bits per heavy atom. The zero-order valence-corrected chi connectivity index (χ0v) is 13.4. The summed E-state index contributed by atoms with van der Waals surface area (Å²) in [6, 6.07) is 8.38. The highest BCUT2D eigenvalue weighted by Crippen LogP contribution is 2.24. The summed E-state index contributed by atoms with van der Waals surface area (Å²) in [5.74, 6) is 0. The average molecular weight is 334 g/mol. The van der Waals surface area contributed by atoms with E-state index in [1.165, 1.54) is 0 Å². The summed E-state index contributed by atoms with van der Waals surface area (Å²) < 4.78 is 27.3. The van der Waals surface area contributed by atoms with Crippen LogP contribution in [-0.2, 0) is 10.0 Å². The van der Waals surface area contributed by atoms with E-state index in [0.717, 1.165) is 11.8 Å². The first-order chi connectivity index (χ1) is 8.27. The van der Waals surface area contributed by atoms with E-state index in [9.17, 15) is 8.42 Å². The van der Waals surface area contributed by atoms with Gasteiger partial charge in [-0.15, -0.1) is 0 Å². The lowest BCUT2D eigenvalue weighted by atomic mass is 9.86. The minimum absolute atomic E-state index is 0.0953. The van der Waals surface area contributed by atoms with E-state index in [-0.39, 0.29) is 11.5 Å². The van der Waals surface area contributed by atoms with Gasteiger partial charge in [-0.1, -0.05) is 54.9 Å². The molecule has 0 aliphatic heterocycles. The fourth-order valence-electron chi connectivity index (χ4n) is 1.63. The Morgan fingerprint density at radius 2 is 1.78 bits per heavy atom. The van der Waals surface area contributed by atoms with Crippen LogP contribution in [0.1, 0.15) is 27.2 Å². The first-order valence-corrected chi connectivity index (χ1v) is 8.51. The van der Waals surface area contributed by atoms with E-state index < -0.39 is 10.0 Å². The van der Waals surface area contributed by atoms with Crippen molar-refractivity contribution in [3.63, 3.8) is 0 Å². The number of benzene rings is 1. The maximum Gasteiger partial charge on any atom is 0.240 e. The predicted octanol–water partition coefficient (Wildman–Crippen LogP) is 3.16. The van der Waals surface area contributed by atoms with Crippen LogP contribution in [0.5, 0.6) is 0 Å². The van der Waals surface area contributed by atoms with Crippen molar-refractivity contribution in [3.8, 4) is 0 Å². The number of halogens is 1. The lowest BCUT2D eigenvalue weighted by Crippen LogP contribution is -2.43. The van der Waals surface area contributed by atoms with E-state index in [0.29, 0.717) is 4.90 Å². The van der Waals surface area contributed by atoms with Crippen LogP contribution in [-0.4, -0.2) is 19.8 Å². The van der Waals surface area contributed by atoms with Gasteiger partial charge < -0.3 is 0 Å². The van der Waals surface area contributed by atoms with Crippen LogP contribution in [0, 0.1) is 5.41 Å². The van der Waals surface area contributed by atoms with Crippen molar-refractivity contribution in [1.82, 2.24) is 4.72 Å². The summed E-state index contributed by atoms with van der Waals surface area (Å²) in [4.78, 5) is 0.314. The van der Waals surface area contributed by atoms with Crippen molar-refractivity contribution < 1.29 is 8.42 Å². The molecule has 0 amide bonds. The van der Waals surface area contributed by atoms with Gasteiger partial charge >= 0.3 is 0 Å². The van der Waals surface area contributed by atoms with Crippen LogP contribution < -0.4 is 4.72 Å². The van der Waals surface area contributed by atoms with Crippen molar-refractivity contribution in [2.45, 2.75) is 38.1 Å². The molecular weight excluding hydrogens is 314 g/mol.